The molecule has 0 saturated heterocycles. The van der Waals surface area contributed by atoms with Gasteiger partial charge >= 0.3 is 0 Å². The van der Waals surface area contributed by atoms with Crippen LogP contribution in [0.3, 0.4) is 0 Å². The number of unbranched alkanes of at least 4 members (excludes halogenated alkanes) is 41. The summed E-state index contributed by atoms with van der Waals surface area (Å²) in [6, 6.07) is -1.01. The molecule has 5 N–H and O–H groups in total. The van der Waals surface area contributed by atoms with Crippen LogP contribution in [-0.2, 0) is 4.79 Å². The van der Waals surface area contributed by atoms with Crippen molar-refractivity contribution in [3.05, 3.63) is 48.6 Å². The molecule has 0 aromatic rings. The van der Waals surface area contributed by atoms with Gasteiger partial charge in [-0.3, -0.25) is 4.79 Å². The number of carbonyl (C=O) groups is 1. The Morgan fingerprint density at radius 2 is 0.592 bits per heavy atom. The van der Waals surface area contributed by atoms with Crippen molar-refractivity contribution in [2.24, 2.45) is 0 Å². The molecule has 0 heterocycles. The Morgan fingerprint density at radius 3 is 0.887 bits per heavy atom. The van der Waals surface area contributed by atoms with Gasteiger partial charge in [0.1, 0.15) is 12.2 Å². The minimum atomic E-state index is -1.29. The van der Waals surface area contributed by atoms with Gasteiger partial charge in [-0.1, -0.05) is 287 Å². The van der Waals surface area contributed by atoms with Crippen LogP contribution in [0.5, 0.6) is 0 Å². The molecule has 0 aliphatic carbocycles. The van der Waals surface area contributed by atoms with Crippen LogP contribution in [0.25, 0.3) is 0 Å². The van der Waals surface area contributed by atoms with E-state index in [0.29, 0.717) is 19.3 Å². The van der Waals surface area contributed by atoms with E-state index < -0.39 is 36.9 Å². The normalized spacial score (nSPS) is 13.9. The van der Waals surface area contributed by atoms with Crippen molar-refractivity contribution in [2.75, 3.05) is 6.61 Å². The van der Waals surface area contributed by atoms with Crippen molar-refractivity contribution in [2.45, 2.75) is 353 Å². The summed E-state index contributed by atoms with van der Waals surface area (Å²) in [4.78, 5) is 12.6. The SMILES string of the molecule is CCCCCCCC/C=C/CC/C=C/CC/C=C/CCCC(O)C(O)C(CO)NC(=O)C(O)CCCCCCCCCCCCCCCCCC/C=C\CCCCCCCCCCCCCCCCCC. The second kappa shape index (κ2) is 59.2. The van der Waals surface area contributed by atoms with Crippen molar-refractivity contribution in [3.63, 3.8) is 0 Å². The molecule has 6 nitrogen and oxygen atoms in total. The summed E-state index contributed by atoms with van der Waals surface area (Å²) in [5.41, 5.74) is 0. The predicted molar refractivity (Wildman–Crippen MR) is 311 cm³/mol. The maximum Gasteiger partial charge on any atom is 0.249 e. The minimum absolute atomic E-state index is 0.360. The maximum atomic E-state index is 12.6. The van der Waals surface area contributed by atoms with Crippen molar-refractivity contribution in [1.82, 2.24) is 5.32 Å². The number of carbonyl (C=O) groups excluding carboxylic acids is 1. The molecular weight excluding hydrogens is 875 g/mol. The number of allylic oxidation sites excluding steroid dienone is 8. The van der Waals surface area contributed by atoms with E-state index in [1.165, 1.54) is 244 Å². The highest BCUT2D eigenvalue weighted by Crippen LogP contribution is 2.18. The van der Waals surface area contributed by atoms with Crippen LogP contribution >= 0.6 is 0 Å². The average molecular weight is 999 g/mol. The van der Waals surface area contributed by atoms with Crippen molar-refractivity contribution in [3.8, 4) is 0 Å². The fraction of sp³-hybridized carbons (Fsp3) is 0.862. The van der Waals surface area contributed by atoms with E-state index in [0.717, 1.165) is 51.4 Å². The van der Waals surface area contributed by atoms with E-state index in [1.54, 1.807) is 0 Å². The Kier molecular flexibility index (Phi) is 57.7. The third-order valence-corrected chi connectivity index (χ3v) is 14.7. The second-order valence-electron chi connectivity index (χ2n) is 21.7. The summed E-state index contributed by atoms with van der Waals surface area (Å²) in [6.45, 7) is 4.06. The monoisotopic (exact) mass is 998 g/mol. The van der Waals surface area contributed by atoms with Crippen LogP contribution in [0, 0.1) is 0 Å². The zero-order valence-electron chi connectivity index (χ0n) is 47.5. The smallest absolute Gasteiger partial charge is 0.249 e. The van der Waals surface area contributed by atoms with Crippen molar-refractivity contribution >= 4 is 5.91 Å². The molecule has 4 atom stereocenters. The molecule has 0 aliphatic rings. The first-order chi connectivity index (χ1) is 35.0. The number of hydrogen-bond acceptors (Lipinski definition) is 5. The van der Waals surface area contributed by atoms with Crippen LogP contribution < -0.4 is 5.32 Å². The molecule has 0 bridgehead atoms. The molecule has 6 heteroatoms. The van der Waals surface area contributed by atoms with E-state index in [1.807, 2.05) is 0 Å². The lowest BCUT2D eigenvalue weighted by Crippen LogP contribution is -2.53. The van der Waals surface area contributed by atoms with Crippen molar-refractivity contribution in [1.29, 1.82) is 0 Å². The highest BCUT2D eigenvalue weighted by atomic mass is 16.3. The zero-order chi connectivity index (χ0) is 51.6. The van der Waals surface area contributed by atoms with Gasteiger partial charge in [-0.05, 0) is 89.9 Å². The molecule has 418 valence electrons. The van der Waals surface area contributed by atoms with Crippen LogP contribution in [0.1, 0.15) is 328 Å². The predicted octanol–water partition coefficient (Wildman–Crippen LogP) is 18.9. The fourth-order valence-electron chi connectivity index (χ4n) is 9.79. The summed E-state index contributed by atoms with van der Waals surface area (Å²) in [5.74, 6) is -0.596. The Morgan fingerprint density at radius 1 is 0.338 bits per heavy atom. The van der Waals surface area contributed by atoms with Crippen LogP contribution in [0.15, 0.2) is 48.6 Å². The molecule has 0 spiro atoms. The van der Waals surface area contributed by atoms with E-state index >= 15 is 0 Å². The summed E-state index contributed by atoms with van der Waals surface area (Å²) in [5, 5.41) is 44.0. The first-order valence-corrected chi connectivity index (χ1v) is 31.5. The van der Waals surface area contributed by atoms with Gasteiger partial charge in [0.15, 0.2) is 0 Å². The second-order valence-corrected chi connectivity index (χ2v) is 21.7. The number of nitrogens with one attached hydrogen (secondary N) is 1. The lowest BCUT2D eigenvalue weighted by atomic mass is 10.00. The summed E-state index contributed by atoms with van der Waals surface area (Å²) in [7, 11) is 0. The molecule has 0 radical (unpaired) electrons. The van der Waals surface area contributed by atoms with Gasteiger partial charge in [0, 0.05) is 0 Å². The van der Waals surface area contributed by atoms with Gasteiger partial charge in [0.25, 0.3) is 0 Å². The highest BCUT2D eigenvalue weighted by Gasteiger charge is 2.28. The molecule has 0 aromatic carbocycles. The Bertz CT molecular complexity index is 1170. The van der Waals surface area contributed by atoms with Crippen molar-refractivity contribution < 1.29 is 25.2 Å². The van der Waals surface area contributed by atoms with Gasteiger partial charge < -0.3 is 25.7 Å². The quantitative estimate of drug-likeness (QED) is 0.0308. The first-order valence-electron chi connectivity index (χ1n) is 31.5. The largest absolute Gasteiger partial charge is 0.394 e. The number of aliphatic hydroxyl groups excluding tert-OH is 4. The average Bonchev–Trinajstić information content (AvgIpc) is 3.38. The van der Waals surface area contributed by atoms with Gasteiger partial charge in [0.05, 0.1) is 18.8 Å². The molecule has 4 unspecified atom stereocenters. The lowest BCUT2D eigenvalue weighted by Gasteiger charge is -2.27. The van der Waals surface area contributed by atoms with Crippen LogP contribution in [0.2, 0.25) is 0 Å². The summed E-state index contributed by atoms with van der Waals surface area (Å²) >= 11 is 0. The number of hydrogen-bond donors (Lipinski definition) is 5. The molecule has 0 aliphatic heterocycles. The number of aliphatic hydroxyl groups is 4. The van der Waals surface area contributed by atoms with Crippen LogP contribution in [0.4, 0.5) is 0 Å². The third kappa shape index (κ3) is 52.9. The lowest BCUT2D eigenvalue weighted by molar-refractivity contribution is -0.132. The molecule has 71 heavy (non-hydrogen) atoms. The van der Waals surface area contributed by atoms with Crippen LogP contribution in [-0.4, -0.2) is 57.3 Å². The molecule has 1 amide bonds. The first kappa shape index (κ1) is 69.3. The van der Waals surface area contributed by atoms with E-state index in [9.17, 15) is 25.2 Å². The topological polar surface area (TPSA) is 110 Å². The fourth-order valence-corrected chi connectivity index (χ4v) is 9.79. The molecule has 0 aromatic heterocycles. The minimum Gasteiger partial charge on any atom is -0.394 e. The van der Waals surface area contributed by atoms with E-state index in [4.69, 9.17) is 0 Å². The van der Waals surface area contributed by atoms with Gasteiger partial charge in [-0.15, -0.1) is 0 Å². The highest BCUT2D eigenvalue weighted by molar-refractivity contribution is 5.80. The third-order valence-electron chi connectivity index (χ3n) is 14.7. The molecule has 0 saturated carbocycles. The summed E-state index contributed by atoms with van der Waals surface area (Å²) in [6.07, 6.45) is 76.4. The van der Waals surface area contributed by atoms with Gasteiger partial charge in [-0.25, -0.2) is 0 Å². The van der Waals surface area contributed by atoms with E-state index in [-0.39, 0.29) is 0 Å². The Hall–Kier alpha value is -1.73. The van der Waals surface area contributed by atoms with E-state index in [2.05, 4.69) is 67.8 Å². The van der Waals surface area contributed by atoms with Gasteiger partial charge in [-0.2, -0.15) is 0 Å². The Balaban J connectivity index is 3.58. The Labute approximate surface area is 442 Å². The van der Waals surface area contributed by atoms with Gasteiger partial charge in [0.2, 0.25) is 5.91 Å². The zero-order valence-corrected chi connectivity index (χ0v) is 47.5. The summed E-state index contributed by atoms with van der Waals surface area (Å²) < 4.78 is 0. The maximum absolute atomic E-state index is 12.6. The molecule has 0 rings (SSSR count). The molecular formula is C65H123NO5. The number of rotatable bonds is 58. The molecule has 0 fully saturated rings. The number of amides is 1. The standard InChI is InChI=1S/C65H123NO5/c1-3-5-7-9-11-13-15-17-19-21-23-24-25-26-27-28-29-30-31-32-33-34-35-36-37-38-39-41-43-45-47-49-51-53-55-57-59-63(69)65(71)66-61(60-67)64(70)62(68)58-56-54-52-50-48-46-44-42-40-22-20-18-16-14-12-10-8-6-4-2/h18,20,30-31,42,44,50,52,61-64,67-70H,3-17,19,21-29,32-41,43,45-49,51,53-60H2,1-2H3,(H,66,71)/b20-18+,31-30-,44-42+,52-50+.